The molecule has 0 aliphatic rings. The Morgan fingerprint density at radius 1 is 1.25 bits per heavy atom. The van der Waals surface area contributed by atoms with Gasteiger partial charge in [-0.1, -0.05) is 33.6 Å². The van der Waals surface area contributed by atoms with Gasteiger partial charge in [0.15, 0.2) is 0 Å². The first kappa shape index (κ1) is 14.0. The zero-order valence-electron chi connectivity index (χ0n) is 8.31. The molecule has 1 amide bonds. The highest BCUT2D eigenvalue weighted by Gasteiger charge is 2.28. The Morgan fingerprint density at radius 3 is 1.75 bits per heavy atom. The summed E-state index contributed by atoms with van der Waals surface area (Å²) < 4.78 is 0. The van der Waals surface area contributed by atoms with Crippen molar-refractivity contribution in [3.63, 3.8) is 0 Å². The van der Waals surface area contributed by atoms with Gasteiger partial charge in [-0.2, -0.15) is 0 Å². The van der Waals surface area contributed by atoms with Gasteiger partial charge in [0.05, 0.1) is 0 Å². The number of hydrogen-bond acceptors (Lipinski definition) is 1. The molecule has 0 rings (SSSR count). The highest BCUT2D eigenvalue weighted by Crippen LogP contribution is 2.28. The zero-order valence-corrected chi connectivity index (χ0v) is 8.31. The molecule has 4 N–H and O–H groups in total. The van der Waals surface area contributed by atoms with Crippen molar-refractivity contribution in [3.8, 4) is 0 Å². The smallest absolute Gasteiger partial charge is 0.223 e. The lowest BCUT2D eigenvalue weighted by Crippen LogP contribution is -2.34. The second-order valence-corrected chi connectivity index (χ2v) is 3.42. The summed E-state index contributed by atoms with van der Waals surface area (Å²) in [5, 5.41) is 0. The summed E-state index contributed by atoms with van der Waals surface area (Å²) in [5.41, 5.74) is 5.04. The Morgan fingerprint density at radius 2 is 1.58 bits per heavy atom. The number of rotatable bonds is 5. The second-order valence-electron chi connectivity index (χ2n) is 3.42. The maximum Gasteiger partial charge on any atom is 0.223 e. The van der Waals surface area contributed by atoms with Crippen LogP contribution < -0.4 is 5.73 Å². The van der Waals surface area contributed by atoms with E-state index in [-0.39, 0.29) is 16.8 Å². The second kappa shape index (κ2) is 6.00. The van der Waals surface area contributed by atoms with Gasteiger partial charge in [-0.3, -0.25) is 4.79 Å². The fourth-order valence-corrected chi connectivity index (χ4v) is 1.47. The van der Waals surface area contributed by atoms with Crippen molar-refractivity contribution in [1.82, 2.24) is 0 Å². The predicted molar refractivity (Wildman–Crippen MR) is 50.7 cm³/mol. The Balaban J connectivity index is 0. The lowest BCUT2D eigenvalue weighted by molar-refractivity contribution is -0.127. The van der Waals surface area contributed by atoms with Crippen LogP contribution in [0.15, 0.2) is 0 Å². The molecule has 0 fully saturated rings. The van der Waals surface area contributed by atoms with E-state index in [4.69, 9.17) is 5.73 Å². The Kier molecular flexibility index (Phi) is 6.99. The minimum Gasteiger partial charge on any atom is -0.412 e. The van der Waals surface area contributed by atoms with E-state index in [9.17, 15) is 4.79 Å². The van der Waals surface area contributed by atoms with Crippen LogP contribution in [0.3, 0.4) is 0 Å². The predicted octanol–water partition coefficient (Wildman–Crippen LogP) is 1.25. The minimum atomic E-state index is -0.260. The van der Waals surface area contributed by atoms with E-state index >= 15 is 0 Å². The van der Waals surface area contributed by atoms with E-state index < -0.39 is 0 Å². The molecule has 0 aromatic carbocycles. The quantitative estimate of drug-likeness (QED) is 0.671. The van der Waals surface area contributed by atoms with Crippen LogP contribution in [-0.4, -0.2) is 11.4 Å². The first-order chi connectivity index (χ1) is 5.06. The van der Waals surface area contributed by atoms with Crippen LogP contribution in [0.1, 0.15) is 46.5 Å². The molecule has 3 heteroatoms. The summed E-state index contributed by atoms with van der Waals surface area (Å²) in [7, 11) is 0. The van der Waals surface area contributed by atoms with E-state index in [1.807, 2.05) is 6.92 Å². The normalized spacial score (nSPS) is 10.6. The fraction of sp³-hybridized carbons (Fsp3) is 0.889. The van der Waals surface area contributed by atoms with E-state index in [2.05, 4.69) is 13.8 Å². The molecule has 0 atom stereocenters. The molecule has 3 nitrogen and oxygen atoms in total. The van der Waals surface area contributed by atoms with Gasteiger partial charge in [-0.05, 0) is 12.8 Å². The van der Waals surface area contributed by atoms with Crippen LogP contribution in [-0.2, 0) is 4.79 Å². The van der Waals surface area contributed by atoms with Gasteiger partial charge in [0.1, 0.15) is 0 Å². The largest absolute Gasteiger partial charge is 0.412 e. The average Bonchev–Trinajstić information content (AvgIpc) is 1.88. The number of carbonyl (C=O) groups is 1. The van der Waals surface area contributed by atoms with Crippen LogP contribution in [0.4, 0.5) is 0 Å². The molecule has 0 saturated heterocycles. The number of hydrogen-bond donors (Lipinski definition) is 1. The van der Waals surface area contributed by atoms with Crippen molar-refractivity contribution in [1.29, 1.82) is 0 Å². The Labute approximate surface area is 74.6 Å². The van der Waals surface area contributed by atoms with Crippen LogP contribution in [0, 0.1) is 5.41 Å². The number of primary amides is 1. The summed E-state index contributed by atoms with van der Waals surface area (Å²) >= 11 is 0. The van der Waals surface area contributed by atoms with Gasteiger partial charge in [-0.25, -0.2) is 0 Å². The van der Waals surface area contributed by atoms with Crippen LogP contribution >= 0.6 is 0 Å². The van der Waals surface area contributed by atoms with Crippen molar-refractivity contribution < 1.29 is 10.3 Å². The molecular weight excluding hydrogens is 154 g/mol. The molecule has 0 saturated carbocycles. The lowest BCUT2D eigenvalue weighted by atomic mass is 9.81. The molecule has 0 heterocycles. The highest BCUT2D eigenvalue weighted by molar-refractivity contribution is 5.80. The first-order valence-corrected chi connectivity index (χ1v) is 4.36. The van der Waals surface area contributed by atoms with Crippen molar-refractivity contribution in [2.75, 3.05) is 0 Å². The maximum atomic E-state index is 11.0. The summed E-state index contributed by atoms with van der Waals surface area (Å²) in [4.78, 5) is 11.0. The molecular formula is C9H21NO2. The zero-order chi connectivity index (χ0) is 8.91. The molecule has 0 aromatic rings. The number of carbonyl (C=O) groups excluding carboxylic acids is 1. The van der Waals surface area contributed by atoms with E-state index in [1.165, 1.54) is 0 Å². The highest BCUT2D eigenvalue weighted by atomic mass is 16.1. The maximum absolute atomic E-state index is 11.0. The summed E-state index contributed by atoms with van der Waals surface area (Å²) in [6.07, 6.45) is 3.88. The standard InChI is InChI=1S/C9H19NO.H2O/c1-4-6-9(3,7-5-2)8(10)11;/h4-7H2,1-3H3,(H2,10,11);1H2. The molecule has 0 spiro atoms. The van der Waals surface area contributed by atoms with Crippen molar-refractivity contribution >= 4 is 5.91 Å². The topological polar surface area (TPSA) is 74.6 Å². The van der Waals surface area contributed by atoms with Gasteiger partial charge < -0.3 is 11.2 Å². The molecule has 0 radical (unpaired) electrons. The van der Waals surface area contributed by atoms with Crippen molar-refractivity contribution in [2.24, 2.45) is 11.1 Å². The van der Waals surface area contributed by atoms with E-state index in [1.54, 1.807) is 0 Å². The molecule has 0 bridgehead atoms. The van der Waals surface area contributed by atoms with Crippen molar-refractivity contribution in [3.05, 3.63) is 0 Å². The number of amides is 1. The third-order valence-corrected chi connectivity index (χ3v) is 2.20. The lowest BCUT2D eigenvalue weighted by Gasteiger charge is -2.24. The van der Waals surface area contributed by atoms with Gasteiger partial charge in [0.25, 0.3) is 0 Å². The Hall–Kier alpha value is -0.570. The number of nitrogens with two attached hydrogens (primary N) is 1. The van der Waals surface area contributed by atoms with E-state index in [0.717, 1.165) is 25.7 Å². The van der Waals surface area contributed by atoms with Crippen LogP contribution in [0.25, 0.3) is 0 Å². The third kappa shape index (κ3) is 3.72. The van der Waals surface area contributed by atoms with Crippen LogP contribution in [0.2, 0.25) is 0 Å². The SMILES string of the molecule is CCCC(C)(CCC)C(N)=O.O. The molecule has 0 aliphatic carbocycles. The molecule has 74 valence electrons. The first-order valence-electron chi connectivity index (χ1n) is 4.36. The van der Waals surface area contributed by atoms with Crippen LogP contribution in [0.5, 0.6) is 0 Å². The molecule has 0 aliphatic heterocycles. The van der Waals surface area contributed by atoms with Gasteiger partial charge in [0, 0.05) is 5.41 Å². The van der Waals surface area contributed by atoms with E-state index in [0.29, 0.717) is 0 Å². The molecule has 0 aromatic heterocycles. The Bertz CT molecular complexity index is 128. The third-order valence-electron chi connectivity index (χ3n) is 2.20. The van der Waals surface area contributed by atoms with Gasteiger partial charge >= 0.3 is 0 Å². The minimum absolute atomic E-state index is 0. The summed E-state index contributed by atoms with van der Waals surface area (Å²) in [6.45, 7) is 6.12. The van der Waals surface area contributed by atoms with Crippen molar-refractivity contribution in [2.45, 2.75) is 46.5 Å². The molecule has 12 heavy (non-hydrogen) atoms. The summed E-state index contributed by atoms with van der Waals surface area (Å²) in [6, 6.07) is 0. The average molecular weight is 175 g/mol. The van der Waals surface area contributed by atoms with Gasteiger partial charge in [0.2, 0.25) is 5.91 Å². The fourth-order valence-electron chi connectivity index (χ4n) is 1.47. The van der Waals surface area contributed by atoms with Gasteiger partial charge in [-0.15, -0.1) is 0 Å². The summed E-state index contributed by atoms with van der Waals surface area (Å²) in [5.74, 6) is -0.152. The monoisotopic (exact) mass is 175 g/mol. The molecule has 0 unspecified atom stereocenters.